The van der Waals surface area contributed by atoms with Crippen LogP contribution >= 0.6 is 0 Å². The van der Waals surface area contributed by atoms with Gasteiger partial charge in [0.2, 0.25) is 5.88 Å². The molecular weight excluding hydrogens is 547 g/mol. The molecule has 6 rings (SSSR count). The molecule has 0 radical (unpaired) electrons. The minimum absolute atomic E-state index is 0. The first kappa shape index (κ1) is 32.0. The van der Waals surface area contributed by atoms with Crippen LogP contribution in [0.4, 0.5) is 0 Å². The quantitative estimate of drug-likeness (QED) is 0.356. The normalized spacial score (nSPS) is 21.1. The molecule has 1 saturated carbocycles. The van der Waals surface area contributed by atoms with Gasteiger partial charge in [-0.3, -0.25) is 4.90 Å². The van der Waals surface area contributed by atoms with Crippen LogP contribution in [0, 0.1) is 11.8 Å². The number of carbonyl (C=O) groups excluding carboxylic acids is 1. The number of piperidine rings is 1. The Morgan fingerprint density at radius 3 is 2.65 bits per heavy atom. The minimum Gasteiger partial charge on any atom is -0.550 e. The summed E-state index contributed by atoms with van der Waals surface area (Å²) < 4.78 is 12.2. The average Bonchev–Trinajstić information content (AvgIpc) is 3.83. The second-order valence-corrected chi connectivity index (χ2v) is 13.2. The van der Waals surface area contributed by atoms with Gasteiger partial charge in [-0.25, -0.2) is 4.98 Å². The van der Waals surface area contributed by atoms with E-state index in [9.17, 15) is 9.90 Å². The Labute approximate surface area is 278 Å². The van der Waals surface area contributed by atoms with Crippen LogP contribution in [0.2, 0.25) is 0 Å². The first-order valence-corrected chi connectivity index (χ1v) is 15.6. The van der Waals surface area contributed by atoms with Crippen molar-refractivity contribution in [3.05, 3.63) is 77.0 Å². The Morgan fingerprint density at radius 2 is 1.93 bits per heavy atom. The van der Waals surface area contributed by atoms with Crippen LogP contribution in [0.3, 0.4) is 0 Å². The smallest absolute Gasteiger partial charge is 0.550 e. The number of aromatic nitrogens is 1. The molecule has 2 aliphatic heterocycles. The number of ether oxygens (including phenoxy) is 2. The Morgan fingerprint density at radius 1 is 1.12 bits per heavy atom. The molecule has 1 aromatic heterocycles. The van der Waals surface area contributed by atoms with Gasteiger partial charge in [-0.1, -0.05) is 43.7 Å². The largest absolute Gasteiger partial charge is 1.00 e. The number of carbonyl (C=O) groups is 1. The van der Waals surface area contributed by atoms with Crippen molar-refractivity contribution in [2.45, 2.75) is 89.8 Å². The van der Waals surface area contributed by atoms with Gasteiger partial charge in [0.15, 0.2) is 0 Å². The van der Waals surface area contributed by atoms with Gasteiger partial charge in [-0.2, -0.15) is 0 Å². The predicted molar refractivity (Wildman–Crippen MR) is 162 cm³/mol. The molecular formula is C36H43N2NaO4. The zero-order valence-electron chi connectivity index (χ0n) is 26.4. The molecule has 0 spiro atoms. The molecule has 3 atom stereocenters. The predicted octanol–water partition coefficient (Wildman–Crippen LogP) is 3.47. The number of fused-ring (bicyclic) bond motifs is 1. The van der Waals surface area contributed by atoms with Gasteiger partial charge in [-0.15, -0.1) is 0 Å². The molecule has 0 bridgehead atoms. The maximum Gasteiger partial charge on any atom is 1.00 e. The van der Waals surface area contributed by atoms with Gasteiger partial charge >= 0.3 is 29.6 Å². The van der Waals surface area contributed by atoms with Crippen molar-refractivity contribution in [3.63, 3.8) is 0 Å². The van der Waals surface area contributed by atoms with Crippen LogP contribution in [-0.2, 0) is 17.8 Å². The summed E-state index contributed by atoms with van der Waals surface area (Å²) >= 11 is 0. The van der Waals surface area contributed by atoms with Crippen LogP contribution < -0.4 is 44.1 Å². The number of nitrogens with zero attached hydrogens (tertiary/aromatic N) is 2. The van der Waals surface area contributed by atoms with E-state index < -0.39 is 11.9 Å². The Bertz CT molecular complexity index is 1450. The Balaban J connectivity index is 0.00000368. The number of hydrogen-bond donors (Lipinski definition) is 0. The number of carboxylic acids is 1. The number of methoxy groups -OCH3 is 1. The summed E-state index contributed by atoms with van der Waals surface area (Å²) in [4.78, 5) is 18.7. The topological polar surface area (TPSA) is 74.7 Å². The molecule has 1 saturated heterocycles. The SMILES string of the molecule is COc1cc(-c2ccc(C3CCc4ccc([C@H](C5CC5)[C@H](C)C(=O)[O-])cc4O3)cc2CN2CCCCC2(C)C)ccn1.[Na+]. The molecule has 1 unspecified atom stereocenters. The zero-order chi connectivity index (χ0) is 29.4. The molecule has 0 amide bonds. The molecule has 1 aliphatic carbocycles. The van der Waals surface area contributed by atoms with E-state index in [1.54, 1.807) is 14.0 Å². The van der Waals surface area contributed by atoms with E-state index in [0.717, 1.165) is 55.6 Å². The fraction of sp³-hybridized carbons (Fsp3) is 0.500. The van der Waals surface area contributed by atoms with Crippen LogP contribution in [-0.4, -0.2) is 35.0 Å². The molecule has 3 aliphatic rings. The number of hydrogen-bond acceptors (Lipinski definition) is 6. The van der Waals surface area contributed by atoms with Crippen molar-refractivity contribution >= 4 is 5.97 Å². The van der Waals surface area contributed by atoms with Crippen molar-refractivity contribution < 1.29 is 48.9 Å². The third-order valence-electron chi connectivity index (χ3n) is 9.90. The summed E-state index contributed by atoms with van der Waals surface area (Å²) in [5.41, 5.74) is 7.18. The molecule has 222 valence electrons. The van der Waals surface area contributed by atoms with Crippen LogP contribution in [0.5, 0.6) is 11.6 Å². The standard InChI is InChI=1S/C36H44N2O4.Na/c1-23(35(39)40)34(25-8-9-25)28-10-7-24-12-14-31(42-32(24)20-28)27-11-13-30(26-15-17-37-33(21-26)41-4)29(19-27)22-38-18-6-5-16-36(38,2)3;/h7,10-11,13,15,17,19-21,23,25,31,34H,5-6,8-9,12,14,16,18,22H2,1-4H3,(H,39,40);/q;+1/p-1/t23-,31?,34-;/m0./s1. The van der Waals surface area contributed by atoms with E-state index >= 15 is 0 Å². The van der Waals surface area contributed by atoms with E-state index in [2.05, 4.69) is 66.2 Å². The first-order valence-electron chi connectivity index (χ1n) is 15.6. The van der Waals surface area contributed by atoms with Gasteiger partial charge in [-0.05, 0) is 116 Å². The average molecular weight is 591 g/mol. The van der Waals surface area contributed by atoms with Crippen molar-refractivity contribution in [3.8, 4) is 22.8 Å². The summed E-state index contributed by atoms with van der Waals surface area (Å²) in [5, 5.41) is 11.8. The van der Waals surface area contributed by atoms with Crippen LogP contribution in [0.15, 0.2) is 54.7 Å². The van der Waals surface area contributed by atoms with Gasteiger partial charge < -0.3 is 19.4 Å². The number of carboxylic acid groups (broad SMARTS) is 1. The second kappa shape index (κ2) is 13.3. The number of aliphatic carboxylic acids is 1. The number of benzene rings is 2. The number of pyridine rings is 1. The van der Waals surface area contributed by atoms with Crippen LogP contribution in [0.25, 0.3) is 11.1 Å². The minimum atomic E-state index is -0.972. The van der Waals surface area contributed by atoms with E-state index in [-0.39, 0.29) is 47.1 Å². The zero-order valence-corrected chi connectivity index (χ0v) is 28.4. The van der Waals surface area contributed by atoms with Crippen molar-refractivity contribution in [1.29, 1.82) is 0 Å². The van der Waals surface area contributed by atoms with E-state index in [1.807, 2.05) is 12.3 Å². The van der Waals surface area contributed by atoms with Gasteiger partial charge in [0, 0.05) is 36.2 Å². The van der Waals surface area contributed by atoms with E-state index in [0.29, 0.717) is 11.8 Å². The summed E-state index contributed by atoms with van der Waals surface area (Å²) in [6, 6.07) is 17.2. The third kappa shape index (κ3) is 6.98. The molecule has 3 aromatic rings. The second-order valence-electron chi connectivity index (χ2n) is 13.2. The van der Waals surface area contributed by atoms with Gasteiger partial charge in [0.05, 0.1) is 7.11 Å². The Hall–Kier alpha value is -2.38. The summed E-state index contributed by atoms with van der Waals surface area (Å²) in [6.45, 7) is 8.48. The van der Waals surface area contributed by atoms with Crippen molar-refractivity contribution in [1.82, 2.24) is 9.88 Å². The molecule has 6 nitrogen and oxygen atoms in total. The maximum absolute atomic E-state index is 11.8. The van der Waals surface area contributed by atoms with Crippen LogP contribution in [0.1, 0.15) is 93.6 Å². The number of rotatable bonds is 9. The molecule has 2 aromatic carbocycles. The van der Waals surface area contributed by atoms with Crippen molar-refractivity contribution in [2.75, 3.05) is 13.7 Å². The number of likely N-dealkylation sites (tertiary alicyclic amines) is 1. The monoisotopic (exact) mass is 590 g/mol. The molecule has 2 fully saturated rings. The van der Waals surface area contributed by atoms with E-state index in [4.69, 9.17) is 9.47 Å². The molecule has 3 heterocycles. The van der Waals surface area contributed by atoms with Gasteiger partial charge in [0.25, 0.3) is 0 Å². The van der Waals surface area contributed by atoms with Gasteiger partial charge in [0.1, 0.15) is 11.9 Å². The number of aryl methyl sites for hydroxylation is 1. The maximum atomic E-state index is 11.8. The molecule has 7 heteroatoms. The molecule has 43 heavy (non-hydrogen) atoms. The summed E-state index contributed by atoms with van der Waals surface area (Å²) in [7, 11) is 1.65. The summed E-state index contributed by atoms with van der Waals surface area (Å²) in [6.07, 6.45) is 9.46. The third-order valence-corrected chi connectivity index (χ3v) is 9.90. The fourth-order valence-corrected chi connectivity index (χ4v) is 7.13. The molecule has 0 N–H and O–H groups in total. The first-order chi connectivity index (χ1) is 20.2. The Kier molecular flexibility index (Phi) is 9.92. The summed E-state index contributed by atoms with van der Waals surface area (Å²) in [5.74, 6) is 0.398. The fourth-order valence-electron chi connectivity index (χ4n) is 7.13. The van der Waals surface area contributed by atoms with Crippen molar-refractivity contribution in [2.24, 2.45) is 11.8 Å². The van der Waals surface area contributed by atoms with E-state index in [1.165, 1.54) is 41.5 Å².